The van der Waals surface area contributed by atoms with Crippen LogP contribution in [-0.4, -0.2) is 27.6 Å². The summed E-state index contributed by atoms with van der Waals surface area (Å²) in [6, 6.07) is 0. The second-order valence-corrected chi connectivity index (χ2v) is 2.36. The van der Waals surface area contributed by atoms with Crippen molar-refractivity contribution in [3.8, 4) is 0 Å². The zero-order chi connectivity index (χ0) is 9.84. The molecular formula is C7H12N4O2. The molecule has 1 heterocycles. The zero-order valence-corrected chi connectivity index (χ0v) is 7.65. The minimum atomic E-state index is -0.528. The van der Waals surface area contributed by atoms with Crippen LogP contribution in [0, 0.1) is 0 Å². The van der Waals surface area contributed by atoms with Crippen LogP contribution in [0.15, 0.2) is 0 Å². The monoisotopic (exact) mass is 184 g/mol. The SMILES string of the molecule is CCOC(=O)c1nnn(CC)c1N. The Balaban J connectivity index is 2.89. The van der Waals surface area contributed by atoms with Crippen LogP contribution in [0.2, 0.25) is 0 Å². The number of nitrogens with two attached hydrogens (primary N) is 1. The minimum Gasteiger partial charge on any atom is -0.461 e. The van der Waals surface area contributed by atoms with E-state index in [0.717, 1.165) is 0 Å². The highest BCUT2D eigenvalue weighted by Gasteiger charge is 2.17. The fourth-order valence-electron chi connectivity index (χ4n) is 0.899. The van der Waals surface area contributed by atoms with Gasteiger partial charge in [0.2, 0.25) is 5.69 Å². The molecule has 1 aromatic heterocycles. The number of anilines is 1. The van der Waals surface area contributed by atoms with Gasteiger partial charge in [-0.1, -0.05) is 5.21 Å². The molecule has 0 bridgehead atoms. The van der Waals surface area contributed by atoms with E-state index < -0.39 is 5.97 Å². The van der Waals surface area contributed by atoms with Gasteiger partial charge < -0.3 is 10.5 Å². The molecule has 0 aromatic carbocycles. The Labute approximate surface area is 75.7 Å². The summed E-state index contributed by atoms with van der Waals surface area (Å²) in [5, 5.41) is 7.30. The Morgan fingerprint density at radius 1 is 1.62 bits per heavy atom. The van der Waals surface area contributed by atoms with Crippen LogP contribution in [0.4, 0.5) is 5.82 Å². The maximum Gasteiger partial charge on any atom is 0.362 e. The van der Waals surface area contributed by atoms with E-state index in [-0.39, 0.29) is 11.5 Å². The molecule has 1 rings (SSSR count). The van der Waals surface area contributed by atoms with Gasteiger partial charge in [0.15, 0.2) is 5.82 Å². The van der Waals surface area contributed by atoms with E-state index in [1.807, 2.05) is 6.92 Å². The largest absolute Gasteiger partial charge is 0.461 e. The van der Waals surface area contributed by atoms with Gasteiger partial charge in [-0.05, 0) is 13.8 Å². The third-order valence-corrected chi connectivity index (χ3v) is 1.54. The molecule has 0 aliphatic heterocycles. The zero-order valence-electron chi connectivity index (χ0n) is 7.65. The van der Waals surface area contributed by atoms with E-state index in [4.69, 9.17) is 10.5 Å². The van der Waals surface area contributed by atoms with Crippen molar-refractivity contribution in [2.75, 3.05) is 12.3 Å². The predicted octanol–water partition coefficient (Wildman–Crippen LogP) is 0.0569. The quantitative estimate of drug-likeness (QED) is 0.671. The molecule has 72 valence electrons. The van der Waals surface area contributed by atoms with Crippen molar-refractivity contribution >= 4 is 11.8 Å². The molecular weight excluding hydrogens is 172 g/mol. The molecule has 6 nitrogen and oxygen atoms in total. The first-order valence-corrected chi connectivity index (χ1v) is 4.06. The third-order valence-electron chi connectivity index (χ3n) is 1.54. The van der Waals surface area contributed by atoms with Crippen LogP contribution in [-0.2, 0) is 11.3 Å². The van der Waals surface area contributed by atoms with Crippen molar-refractivity contribution in [1.29, 1.82) is 0 Å². The van der Waals surface area contributed by atoms with Crippen molar-refractivity contribution in [2.24, 2.45) is 0 Å². The molecule has 0 unspecified atom stereocenters. The summed E-state index contributed by atoms with van der Waals surface area (Å²) in [6.45, 7) is 4.47. The normalized spacial score (nSPS) is 10.0. The molecule has 6 heteroatoms. The molecule has 0 aliphatic rings. The van der Waals surface area contributed by atoms with Crippen molar-refractivity contribution in [3.05, 3.63) is 5.69 Å². The standard InChI is InChI=1S/C7H12N4O2/c1-3-11-6(8)5(9-10-11)7(12)13-4-2/h3-4,8H2,1-2H3. The Morgan fingerprint density at radius 2 is 2.31 bits per heavy atom. The Hall–Kier alpha value is -1.59. The maximum absolute atomic E-state index is 11.2. The van der Waals surface area contributed by atoms with Gasteiger partial charge in [0, 0.05) is 6.54 Å². The summed E-state index contributed by atoms with van der Waals surface area (Å²) in [4.78, 5) is 11.2. The molecule has 2 N–H and O–H groups in total. The predicted molar refractivity (Wildman–Crippen MR) is 46.1 cm³/mol. The Morgan fingerprint density at radius 3 is 2.77 bits per heavy atom. The van der Waals surface area contributed by atoms with Crippen LogP contribution < -0.4 is 5.73 Å². The van der Waals surface area contributed by atoms with Crippen molar-refractivity contribution in [2.45, 2.75) is 20.4 Å². The van der Waals surface area contributed by atoms with Crippen LogP contribution in [0.25, 0.3) is 0 Å². The number of ether oxygens (including phenoxy) is 1. The van der Waals surface area contributed by atoms with E-state index in [9.17, 15) is 4.79 Å². The highest BCUT2D eigenvalue weighted by molar-refractivity contribution is 5.91. The number of nitrogen functional groups attached to an aromatic ring is 1. The smallest absolute Gasteiger partial charge is 0.362 e. The maximum atomic E-state index is 11.2. The lowest BCUT2D eigenvalue weighted by atomic mass is 10.4. The minimum absolute atomic E-state index is 0.0868. The second-order valence-electron chi connectivity index (χ2n) is 2.36. The van der Waals surface area contributed by atoms with E-state index in [1.54, 1.807) is 6.92 Å². The second kappa shape index (κ2) is 3.88. The van der Waals surface area contributed by atoms with Crippen LogP contribution in [0.5, 0.6) is 0 Å². The summed E-state index contributed by atoms with van der Waals surface area (Å²) < 4.78 is 6.17. The summed E-state index contributed by atoms with van der Waals surface area (Å²) >= 11 is 0. The summed E-state index contributed by atoms with van der Waals surface area (Å²) in [5.41, 5.74) is 5.67. The van der Waals surface area contributed by atoms with Crippen LogP contribution in [0.3, 0.4) is 0 Å². The van der Waals surface area contributed by atoms with Gasteiger partial charge in [-0.25, -0.2) is 9.48 Å². The fourth-order valence-corrected chi connectivity index (χ4v) is 0.899. The van der Waals surface area contributed by atoms with Gasteiger partial charge in [0.25, 0.3) is 0 Å². The topological polar surface area (TPSA) is 83.0 Å². The van der Waals surface area contributed by atoms with E-state index in [0.29, 0.717) is 13.2 Å². The molecule has 0 radical (unpaired) electrons. The number of carbonyl (C=O) groups is 1. The molecule has 13 heavy (non-hydrogen) atoms. The number of hydrogen-bond donors (Lipinski definition) is 1. The van der Waals surface area contributed by atoms with Gasteiger partial charge in [-0.3, -0.25) is 0 Å². The van der Waals surface area contributed by atoms with Crippen molar-refractivity contribution in [3.63, 3.8) is 0 Å². The highest BCUT2D eigenvalue weighted by Crippen LogP contribution is 2.08. The molecule has 0 amide bonds. The number of esters is 1. The molecule has 0 saturated carbocycles. The Bertz CT molecular complexity index is 307. The molecule has 0 aliphatic carbocycles. The van der Waals surface area contributed by atoms with E-state index in [2.05, 4.69) is 10.3 Å². The molecule has 0 atom stereocenters. The van der Waals surface area contributed by atoms with Gasteiger partial charge in [0.05, 0.1) is 6.61 Å². The van der Waals surface area contributed by atoms with Gasteiger partial charge in [-0.15, -0.1) is 5.10 Å². The first-order chi connectivity index (χ1) is 6.20. The molecule has 1 aromatic rings. The average Bonchev–Trinajstić information content (AvgIpc) is 2.47. The van der Waals surface area contributed by atoms with Crippen LogP contribution in [0.1, 0.15) is 24.3 Å². The lowest BCUT2D eigenvalue weighted by molar-refractivity contribution is 0.0520. The average molecular weight is 184 g/mol. The molecule has 0 saturated heterocycles. The molecule has 0 fully saturated rings. The summed E-state index contributed by atoms with van der Waals surface area (Å²) in [6.07, 6.45) is 0. The van der Waals surface area contributed by atoms with Crippen molar-refractivity contribution in [1.82, 2.24) is 15.0 Å². The summed E-state index contributed by atoms with van der Waals surface area (Å²) in [5.74, 6) is -0.277. The van der Waals surface area contributed by atoms with Gasteiger partial charge in [-0.2, -0.15) is 0 Å². The lowest BCUT2D eigenvalue weighted by Crippen LogP contribution is -2.09. The number of aromatic nitrogens is 3. The summed E-state index contributed by atoms with van der Waals surface area (Å²) in [7, 11) is 0. The number of aryl methyl sites for hydroxylation is 1. The van der Waals surface area contributed by atoms with Gasteiger partial charge in [0.1, 0.15) is 0 Å². The number of carbonyl (C=O) groups excluding carboxylic acids is 1. The molecule has 0 spiro atoms. The van der Waals surface area contributed by atoms with E-state index >= 15 is 0 Å². The lowest BCUT2D eigenvalue weighted by Gasteiger charge is -1.99. The number of nitrogens with zero attached hydrogens (tertiary/aromatic N) is 3. The highest BCUT2D eigenvalue weighted by atomic mass is 16.5. The van der Waals surface area contributed by atoms with E-state index in [1.165, 1.54) is 4.68 Å². The van der Waals surface area contributed by atoms with Crippen LogP contribution >= 0.6 is 0 Å². The Kier molecular flexibility index (Phi) is 2.84. The number of hydrogen-bond acceptors (Lipinski definition) is 5. The number of rotatable bonds is 3. The first kappa shape index (κ1) is 9.50. The third kappa shape index (κ3) is 1.77. The first-order valence-electron chi connectivity index (χ1n) is 4.06. The van der Waals surface area contributed by atoms with Crippen molar-refractivity contribution < 1.29 is 9.53 Å². The fraction of sp³-hybridized carbons (Fsp3) is 0.571. The van der Waals surface area contributed by atoms with Gasteiger partial charge >= 0.3 is 5.97 Å².